The molecule has 0 saturated carbocycles. The van der Waals surface area contributed by atoms with E-state index in [1.165, 1.54) is 11.4 Å². The highest BCUT2D eigenvalue weighted by atomic mass is 16.5. The number of ether oxygens (including phenoxy) is 2. The summed E-state index contributed by atoms with van der Waals surface area (Å²) in [4.78, 5) is 2.53. The number of hydrogen-bond acceptors (Lipinski definition) is 6. The van der Waals surface area contributed by atoms with Crippen LogP contribution >= 0.6 is 0 Å². The van der Waals surface area contributed by atoms with Gasteiger partial charge in [-0.25, -0.2) is 0 Å². The average molecular weight is 400 g/mol. The lowest BCUT2D eigenvalue weighted by Gasteiger charge is -2.32. The normalized spacial score (nSPS) is 17.9. The van der Waals surface area contributed by atoms with Crippen molar-refractivity contribution in [2.24, 2.45) is 0 Å². The molecule has 0 radical (unpaired) electrons. The molecule has 7 heteroatoms. The summed E-state index contributed by atoms with van der Waals surface area (Å²) in [6.45, 7) is 11.5. The standard InChI is InChI=1S/C22H33N5O2/c1-3-13-29-19-6-5-17(14-20(19)28-4-2)16-26-10-7-18(8-11-26)22-25-24-21-15-23-9-12-27(21)22/h5-6,14,18,23H,3-4,7-13,15-16H2,1-2H3. The molecule has 0 unspecified atom stereocenters. The van der Waals surface area contributed by atoms with Crippen LogP contribution in [0.15, 0.2) is 18.2 Å². The molecule has 7 nitrogen and oxygen atoms in total. The fraction of sp³-hybridized carbons (Fsp3) is 0.636. The molecule has 0 bridgehead atoms. The van der Waals surface area contributed by atoms with E-state index in [9.17, 15) is 0 Å². The van der Waals surface area contributed by atoms with Crippen molar-refractivity contribution in [1.29, 1.82) is 0 Å². The molecule has 1 aromatic heterocycles. The predicted molar refractivity (Wildman–Crippen MR) is 112 cm³/mol. The molecule has 29 heavy (non-hydrogen) atoms. The van der Waals surface area contributed by atoms with Crippen LogP contribution in [0.3, 0.4) is 0 Å². The Bertz CT molecular complexity index is 798. The molecular formula is C22H33N5O2. The van der Waals surface area contributed by atoms with Crippen molar-refractivity contribution >= 4 is 0 Å². The zero-order valence-electron chi connectivity index (χ0n) is 17.7. The molecule has 0 amide bonds. The highest BCUT2D eigenvalue weighted by molar-refractivity contribution is 5.43. The largest absolute Gasteiger partial charge is 0.490 e. The molecule has 2 aromatic rings. The maximum absolute atomic E-state index is 5.83. The summed E-state index contributed by atoms with van der Waals surface area (Å²) in [7, 11) is 0. The lowest BCUT2D eigenvalue weighted by molar-refractivity contribution is 0.199. The van der Waals surface area contributed by atoms with Crippen LogP contribution < -0.4 is 14.8 Å². The van der Waals surface area contributed by atoms with Gasteiger partial charge in [0.2, 0.25) is 0 Å². The van der Waals surface area contributed by atoms with E-state index in [-0.39, 0.29) is 0 Å². The Morgan fingerprint density at radius 3 is 2.72 bits per heavy atom. The first-order valence-electron chi connectivity index (χ1n) is 11.0. The third-order valence-corrected chi connectivity index (χ3v) is 5.78. The van der Waals surface area contributed by atoms with Crippen LogP contribution in [0.4, 0.5) is 0 Å². The van der Waals surface area contributed by atoms with Crippen LogP contribution in [0.1, 0.15) is 56.2 Å². The van der Waals surface area contributed by atoms with E-state index < -0.39 is 0 Å². The van der Waals surface area contributed by atoms with Gasteiger partial charge in [0.15, 0.2) is 11.5 Å². The number of fused-ring (bicyclic) bond motifs is 1. The maximum atomic E-state index is 5.83. The molecule has 0 aliphatic carbocycles. The van der Waals surface area contributed by atoms with Gasteiger partial charge in [-0.2, -0.15) is 0 Å². The smallest absolute Gasteiger partial charge is 0.161 e. The van der Waals surface area contributed by atoms with Crippen LogP contribution in [-0.4, -0.2) is 52.5 Å². The molecule has 2 aliphatic rings. The highest BCUT2D eigenvalue weighted by Gasteiger charge is 2.27. The molecule has 2 aliphatic heterocycles. The minimum atomic E-state index is 0.523. The molecule has 4 rings (SSSR count). The summed E-state index contributed by atoms with van der Waals surface area (Å²) in [5, 5.41) is 12.3. The van der Waals surface area contributed by atoms with E-state index in [4.69, 9.17) is 9.47 Å². The van der Waals surface area contributed by atoms with Gasteiger partial charge in [0.1, 0.15) is 11.6 Å². The molecule has 0 spiro atoms. The first-order valence-corrected chi connectivity index (χ1v) is 11.0. The van der Waals surface area contributed by atoms with Gasteiger partial charge in [-0.3, -0.25) is 4.90 Å². The van der Waals surface area contributed by atoms with Crippen LogP contribution in [0, 0.1) is 0 Å². The Kier molecular flexibility index (Phi) is 6.67. The molecule has 1 fully saturated rings. The number of hydrogen-bond donors (Lipinski definition) is 1. The number of benzene rings is 1. The van der Waals surface area contributed by atoms with Crippen LogP contribution in [0.5, 0.6) is 11.5 Å². The van der Waals surface area contributed by atoms with Gasteiger partial charge in [0.25, 0.3) is 0 Å². The van der Waals surface area contributed by atoms with E-state index in [0.29, 0.717) is 12.5 Å². The van der Waals surface area contributed by atoms with Crippen molar-refractivity contribution in [3.63, 3.8) is 0 Å². The Labute approximate surface area is 173 Å². The van der Waals surface area contributed by atoms with Crippen molar-refractivity contribution in [1.82, 2.24) is 25.0 Å². The van der Waals surface area contributed by atoms with Crippen molar-refractivity contribution in [3.8, 4) is 11.5 Å². The van der Waals surface area contributed by atoms with Gasteiger partial charge in [0, 0.05) is 25.6 Å². The van der Waals surface area contributed by atoms with Gasteiger partial charge < -0.3 is 19.4 Å². The van der Waals surface area contributed by atoms with Crippen LogP contribution in [0.25, 0.3) is 0 Å². The third-order valence-electron chi connectivity index (χ3n) is 5.78. The second-order valence-corrected chi connectivity index (χ2v) is 7.92. The molecule has 1 N–H and O–H groups in total. The summed E-state index contributed by atoms with van der Waals surface area (Å²) in [6.07, 6.45) is 3.27. The summed E-state index contributed by atoms with van der Waals surface area (Å²) < 4.78 is 14.0. The Hall–Kier alpha value is -2.12. The molecule has 1 saturated heterocycles. The lowest BCUT2D eigenvalue weighted by Crippen LogP contribution is -2.34. The number of nitrogens with one attached hydrogen (secondary N) is 1. The van der Waals surface area contributed by atoms with E-state index >= 15 is 0 Å². The first kappa shape index (κ1) is 20.2. The molecule has 3 heterocycles. The first-order chi connectivity index (χ1) is 14.3. The van der Waals surface area contributed by atoms with Crippen molar-refractivity contribution in [3.05, 3.63) is 35.4 Å². The Morgan fingerprint density at radius 2 is 1.93 bits per heavy atom. The van der Waals surface area contributed by atoms with Crippen molar-refractivity contribution in [2.45, 2.75) is 58.7 Å². The summed E-state index contributed by atoms with van der Waals surface area (Å²) in [6, 6.07) is 6.36. The minimum absolute atomic E-state index is 0.523. The van der Waals surface area contributed by atoms with Gasteiger partial charge in [-0.15, -0.1) is 10.2 Å². The van der Waals surface area contributed by atoms with Gasteiger partial charge in [-0.1, -0.05) is 13.0 Å². The van der Waals surface area contributed by atoms with E-state index in [1.807, 2.05) is 6.92 Å². The van der Waals surface area contributed by atoms with Gasteiger partial charge >= 0.3 is 0 Å². The Balaban J connectivity index is 1.36. The van der Waals surface area contributed by atoms with E-state index in [2.05, 4.69) is 50.1 Å². The quantitative estimate of drug-likeness (QED) is 0.736. The summed E-state index contributed by atoms with van der Waals surface area (Å²) >= 11 is 0. The molecule has 158 valence electrons. The fourth-order valence-corrected chi connectivity index (χ4v) is 4.27. The zero-order chi connectivity index (χ0) is 20.1. The minimum Gasteiger partial charge on any atom is -0.490 e. The predicted octanol–water partition coefficient (Wildman–Crippen LogP) is 2.95. The number of nitrogens with zero attached hydrogens (tertiary/aromatic N) is 4. The maximum Gasteiger partial charge on any atom is 0.161 e. The summed E-state index contributed by atoms with van der Waals surface area (Å²) in [5.74, 6) is 4.51. The van der Waals surface area contributed by atoms with E-state index in [0.717, 1.165) is 82.5 Å². The van der Waals surface area contributed by atoms with E-state index in [1.54, 1.807) is 0 Å². The number of likely N-dealkylation sites (tertiary alicyclic amines) is 1. The second kappa shape index (κ2) is 9.59. The fourth-order valence-electron chi connectivity index (χ4n) is 4.27. The van der Waals surface area contributed by atoms with Crippen molar-refractivity contribution < 1.29 is 9.47 Å². The SMILES string of the molecule is CCCOc1ccc(CN2CCC(c3nnc4n3CCNC4)CC2)cc1OCC. The third kappa shape index (κ3) is 4.73. The monoisotopic (exact) mass is 399 g/mol. The molecule has 1 aromatic carbocycles. The van der Waals surface area contributed by atoms with Crippen LogP contribution in [0.2, 0.25) is 0 Å². The molecule has 0 atom stereocenters. The summed E-state index contributed by atoms with van der Waals surface area (Å²) in [5.41, 5.74) is 1.28. The van der Waals surface area contributed by atoms with Gasteiger partial charge in [-0.05, 0) is 57.0 Å². The molecular weight excluding hydrogens is 366 g/mol. The topological polar surface area (TPSA) is 64.4 Å². The number of aromatic nitrogens is 3. The van der Waals surface area contributed by atoms with Crippen LogP contribution in [-0.2, 0) is 19.6 Å². The zero-order valence-corrected chi connectivity index (χ0v) is 17.7. The highest BCUT2D eigenvalue weighted by Crippen LogP contribution is 2.31. The second-order valence-electron chi connectivity index (χ2n) is 7.92. The number of rotatable bonds is 8. The Morgan fingerprint density at radius 1 is 1.07 bits per heavy atom. The lowest BCUT2D eigenvalue weighted by atomic mass is 9.95. The van der Waals surface area contributed by atoms with Gasteiger partial charge in [0.05, 0.1) is 19.8 Å². The average Bonchev–Trinajstić information content (AvgIpc) is 3.18. The number of piperidine rings is 1. The van der Waals surface area contributed by atoms with Crippen molar-refractivity contribution in [2.75, 3.05) is 32.8 Å².